The highest BCUT2D eigenvalue weighted by Crippen LogP contribution is 2.44. The topological polar surface area (TPSA) is 46.5 Å². The Balaban J connectivity index is 2.12. The molecular weight excluding hydrogens is 348 g/mol. The molecule has 0 aromatic heterocycles. The molecule has 0 fully saturated rings. The Morgan fingerprint density at radius 1 is 0.750 bits per heavy atom. The van der Waals surface area contributed by atoms with Crippen LogP contribution in [0.15, 0.2) is 97.1 Å². The molecule has 0 radical (unpaired) electrons. The first-order valence-corrected chi connectivity index (χ1v) is 9.15. The van der Waals surface area contributed by atoms with Gasteiger partial charge in [0.15, 0.2) is 0 Å². The van der Waals surface area contributed by atoms with Gasteiger partial charge in [0.25, 0.3) is 0 Å². The van der Waals surface area contributed by atoms with Crippen LogP contribution in [0.1, 0.15) is 23.6 Å². The summed E-state index contributed by atoms with van der Waals surface area (Å²) >= 11 is 0. The van der Waals surface area contributed by atoms with E-state index in [0.717, 1.165) is 10.8 Å². The zero-order valence-corrected chi connectivity index (χ0v) is 15.5. The van der Waals surface area contributed by atoms with Gasteiger partial charge in [-0.15, -0.1) is 0 Å². The molecule has 4 aromatic carbocycles. The molecule has 0 unspecified atom stereocenters. The lowest BCUT2D eigenvalue weighted by Crippen LogP contribution is -2.30. The lowest BCUT2D eigenvalue weighted by molar-refractivity contribution is -0.132. The van der Waals surface area contributed by atoms with Crippen molar-refractivity contribution in [1.82, 2.24) is 0 Å². The van der Waals surface area contributed by atoms with Gasteiger partial charge in [0.2, 0.25) is 0 Å². The van der Waals surface area contributed by atoms with Gasteiger partial charge in [0.05, 0.1) is 0 Å². The molecule has 0 saturated carbocycles. The van der Waals surface area contributed by atoms with Gasteiger partial charge in [-0.2, -0.15) is 0 Å². The Morgan fingerprint density at radius 3 is 1.86 bits per heavy atom. The van der Waals surface area contributed by atoms with Crippen LogP contribution < -0.4 is 4.74 Å². The van der Waals surface area contributed by atoms with E-state index in [1.807, 2.05) is 91.0 Å². The first kappa shape index (κ1) is 18.0. The molecular formula is C25H20O3. The standard InChI is InChI=1S/C25H20O3/c1-18(26)28-23-17-16-19-10-8-9-15-22(19)24(23)25(27,20-11-4-2-5-12-20)21-13-6-3-7-14-21/h2-17,27H,1H3. The number of benzene rings is 4. The number of hydrogen-bond acceptors (Lipinski definition) is 3. The number of ether oxygens (including phenoxy) is 1. The zero-order chi connectivity index (χ0) is 19.6. The summed E-state index contributed by atoms with van der Waals surface area (Å²) < 4.78 is 5.54. The lowest BCUT2D eigenvalue weighted by atomic mass is 9.78. The second-order valence-corrected chi connectivity index (χ2v) is 6.70. The minimum absolute atomic E-state index is 0.349. The second-order valence-electron chi connectivity index (χ2n) is 6.70. The predicted molar refractivity (Wildman–Crippen MR) is 110 cm³/mol. The normalized spacial score (nSPS) is 11.4. The van der Waals surface area contributed by atoms with Crippen LogP contribution in [0.2, 0.25) is 0 Å². The van der Waals surface area contributed by atoms with Gasteiger partial charge >= 0.3 is 5.97 Å². The highest BCUT2D eigenvalue weighted by atomic mass is 16.5. The van der Waals surface area contributed by atoms with Crippen LogP contribution in [0.4, 0.5) is 0 Å². The van der Waals surface area contributed by atoms with E-state index in [1.54, 1.807) is 6.07 Å². The number of esters is 1. The number of hydrogen-bond donors (Lipinski definition) is 1. The summed E-state index contributed by atoms with van der Waals surface area (Å²) in [7, 11) is 0. The Morgan fingerprint density at radius 2 is 1.29 bits per heavy atom. The molecule has 0 spiro atoms. The molecule has 3 nitrogen and oxygen atoms in total. The maximum absolute atomic E-state index is 12.2. The van der Waals surface area contributed by atoms with E-state index in [0.29, 0.717) is 22.4 Å². The molecule has 1 N–H and O–H groups in total. The Labute approximate surface area is 163 Å². The van der Waals surface area contributed by atoms with Crippen molar-refractivity contribution in [3.63, 3.8) is 0 Å². The van der Waals surface area contributed by atoms with Crippen molar-refractivity contribution in [2.24, 2.45) is 0 Å². The molecule has 0 heterocycles. The number of carbonyl (C=O) groups is 1. The maximum Gasteiger partial charge on any atom is 0.308 e. The average Bonchev–Trinajstić information content (AvgIpc) is 2.74. The van der Waals surface area contributed by atoms with Gasteiger partial charge in [-0.05, 0) is 28.0 Å². The summed E-state index contributed by atoms with van der Waals surface area (Å²) in [6.07, 6.45) is 0. The Kier molecular flexibility index (Phi) is 4.68. The van der Waals surface area contributed by atoms with Crippen molar-refractivity contribution in [3.05, 3.63) is 114 Å². The minimum Gasteiger partial charge on any atom is -0.426 e. The number of aliphatic hydroxyl groups is 1. The van der Waals surface area contributed by atoms with Crippen LogP contribution in [0, 0.1) is 0 Å². The molecule has 138 valence electrons. The maximum atomic E-state index is 12.2. The van der Waals surface area contributed by atoms with Crippen LogP contribution in [0.5, 0.6) is 5.75 Å². The smallest absolute Gasteiger partial charge is 0.308 e. The quantitative estimate of drug-likeness (QED) is 0.311. The van der Waals surface area contributed by atoms with Gasteiger partial charge in [-0.25, -0.2) is 0 Å². The summed E-state index contributed by atoms with van der Waals surface area (Å²) in [6, 6.07) is 30.3. The SMILES string of the molecule is CC(=O)Oc1ccc2ccccc2c1C(O)(c1ccccc1)c1ccccc1. The first-order chi connectivity index (χ1) is 13.6. The molecule has 3 heteroatoms. The fourth-order valence-corrected chi connectivity index (χ4v) is 3.68. The highest BCUT2D eigenvalue weighted by Gasteiger charge is 2.38. The van der Waals surface area contributed by atoms with E-state index in [9.17, 15) is 9.90 Å². The second kappa shape index (κ2) is 7.29. The predicted octanol–water partition coefficient (Wildman–Crippen LogP) is 5.05. The van der Waals surface area contributed by atoms with Crippen LogP contribution in [0.25, 0.3) is 10.8 Å². The number of fused-ring (bicyclic) bond motifs is 1. The highest BCUT2D eigenvalue weighted by molar-refractivity contribution is 5.90. The average molecular weight is 368 g/mol. The third-order valence-corrected chi connectivity index (χ3v) is 4.89. The third kappa shape index (κ3) is 3.06. The summed E-state index contributed by atoms with van der Waals surface area (Å²) in [5, 5.41) is 14.0. The van der Waals surface area contributed by atoms with E-state index in [4.69, 9.17) is 4.74 Å². The van der Waals surface area contributed by atoms with Crippen LogP contribution in [0.3, 0.4) is 0 Å². The van der Waals surface area contributed by atoms with E-state index in [1.165, 1.54) is 6.92 Å². The summed E-state index contributed by atoms with van der Waals surface area (Å²) in [4.78, 5) is 11.8. The van der Waals surface area contributed by atoms with Gasteiger partial charge in [0.1, 0.15) is 11.4 Å². The third-order valence-electron chi connectivity index (χ3n) is 4.89. The molecule has 28 heavy (non-hydrogen) atoms. The van der Waals surface area contributed by atoms with Gasteiger partial charge in [-0.3, -0.25) is 4.79 Å². The van der Waals surface area contributed by atoms with Crippen molar-refractivity contribution in [3.8, 4) is 5.75 Å². The molecule has 0 bridgehead atoms. The Hall–Kier alpha value is -3.43. The molecule has 0 aliphatic heterocycles. The molecule has 4 aromatic rings. The van der Waals surface area contributed by atoms with Gasteiger partial charge in [-0.1, -0.05) is 91.0 Å². The van der Waals surface area contributed by atoms with Crippen molar-refractivity contribution in [2.45, 2.75) is 12.5 Å². The molecule has 0 aliphatic rings. The fraction of sp³-hybridized carbons (Fsp3) is 0.0800. The molecule has 4 rings (SSSR count). The first-order valence-electron chi connectivity index (χ1n) is 9.15. The lowest BCUT2D eigenvalue weighted by Gasteiger charge is -2.32. The summed E-state index contributed by atoms with van der Waals surface area (Å²) in [6.45, 7) is 1.36. The van der Waals surface area contributed by atoms with Crippen molar-refractivity contribution in [1.29, 1.82) is 0 Å². The van der Waals surface area contributed by atoms with Crippen LogP contribution in [-0.2, 0) is 10.4 Å². The van der Waals surface area contributed by atoms with Crippen molar-refractivity contribution < 1.29 is 14.6 Å². The van der Waals surface area contributed by atoms with Crippen LogP contribution >= 0.6 is 0 Å². The van der Waals surface area contributed by atoms with Gasteiger partial charge < -0.3 is 9.84 Å². The van der Waals surface area contributed by atoms with Gasteiger partial charge in [0, 0.05) is 12.5 Å². The van der Waals surface area contributed by atoms with Crippen LogP contribution in [-0.4, -0.2) is 11.1 Å². The molecule has 0 amide bonds. The molecule has 0 aliphatic carbocycles. The van der Waals surface area contributed by atoms with E-state index in [-0.39, 0.29) is 0 Å². The molecule has 0 atom stereocenters. The van der Waals surface area contributed by atoms with E-state index in [2.05, 4.69) is 0 Å². The van der Waals surface area contributed by atoms with E-state index < -0.39 is 11.6 Å². The fourth-order valence-electron chi connectivity index (χ4n) is 3.68. The minimum atomic E-state index is -1.49. The molecule has 0 saturated heterocycles. The van der Waals surface area contributed by atoms with Crippen molar-refractivity contribution in [2.75, 3.05) is 0 Å². The number of carbonyl (C=O) groups excluding carboxylic acids is 1. The van der Waals surface area contributed by atoms with Crippen molar-refractivity contribution >= 4 is 16.7 Å². The number of rotatable bonds is 4. The summed E-state index contributed by atoms with van der Waals surface area (Å²) in [5.74, 6) is -0.0820. The monoisotopic (exact) mass is 368 g/mol. The largest absolute Gasteiger partial charge is 0.426 e. The zero-order valence-electron chi connectivity index (χ0n) is 15.5. The Bertz CT molecular complexity index is 1080. The summed E-state index contributed by atoms with van der Waals surface area (Å²) in [5.41, 5.74) is 0.462. The van der Waals surface area contributed by atoms with E-state index >= 15 is 0 Å².